The highest BCUT2D eigenvalue weighted by atomic mass is 79.9. The molecular formula is C13H9BrFNO3. The van der Waals surface area contributed by atoms with Gasteiger partial charge in [0.15, 0.2) is 17.3 Å². The molecule has 0 heterocycles. The molecule has 0 aromatic heterocycles. The van der Waals surface area contributed by atoms with Crippen molar-refractivity contribution in [2.45, 2.75) is 0 Å². The van der Waals surface area contributed by atoms with E-state index < -0.39 is 11.8 Å². The molecule has 0 aliphatic heterocycles. The zero-order valence-corrected chi connectivity index (χ0v) is 11.1. The summed E-state index contributed by atoms with van der Waals surface area (Å²) in [6, 6.07) is 8.23. The van der Waals surface area contributed by atoms with E-state index in [-0.39, 0.29) is 22.7 Å². The Kier molecular flexibility index (Phi) is 3.71. The monoisotopic (exact) mass is 325 g/mol. The van der Waals surface area contributed by atoms with Gasteiger partial charge in [-0.2, -0.15) is 0 Å². The Morgan fingerprint density at radius 3 is 2.58 bits per heavy atom. The van der Waals surface area contributed by atoms with Crippen molar-refractivity contribution in [3.63, 3.8) is 0 Å². The molecule has 2 aromatic carbocycles. The summed E-state index contributed by atoms with van der Waals surface area (Å²) in [6.07, 6.45) is 0. The van der Waals surface area contributed by atoms with Crippen molar-refractivity contribution in [2.24, 2.45) is 0 Å². The lowest BCUT2D eigenvalue weighted by Crippen LogP contribution is -2.00. The fourth-order valence-electron chi connectivity index (χ4n) is 1.45. The molecule has 0 fully saturated rings. The Bertz CT molecular complexity index is 646. The molecule has 19 heavy (non-hydrogen) atoms. The van der Waals surface area contributed by atoms with Gasteiger partial charge < -0.3 is 15.6 Å². The van der Waals surface area contributed by atoms with Crippen LogP contribution in [0.2, 0.25) is 0 Å². The van der Waals surface area contributed by atoms with Crippen molar-refractivity contribution < 1.29 is 19.0 Å². The van der Waals surface area contributed by atoms with E-state index in [1.807, 2.05) is 0 Å². The highest BCUT2D eigenvalue weighted by Gasteiger charge is 2.10. The predicted molar refractivity (Wildman–Crippen MR) is 72.0 cm³/mol. The maximum Gasteiger partial charge on any atom is 0.335 e. The summed E-state index contributed by atoms with van der Waals surface area (Å²) in [5.41, 5.74) is 5.84. The fourth-order valence-corrected chi connectivity index (χ4v) is 1.79. The maximum absolute atomic E-state index is 13.5. The Morgan fingerprint density at radius 2 is 1.95 bits per heavy atom. The van der Waals surface area contributed by atoms with Crippen LogP contribution in [0.1, 0.15) is 10.4 Å². The Labute approximate surface area is 116 Å². The summed E-state index contributed by atoms with van der Waals surface area (Å²) in [6.45, 7) is 0. The van der Waals surface area contributed by atoms with Crippen LogP contribution in [0.4, 0.5) is 10.1 Å². The van der Waals surface area contributed by atoms with Gasteiger partial charge in [0.25, 0.3) is 0 Å². The van der Waals surface area contributed by atoms with E-state index in [2.05, 4.69) is 15.9 Å². The molecule has 0 amide bonds. The molecule has 0 spiro atoms. The number of nitrogens with two attached hydrogens (primary N) is 1. The smallest absolute Gasteiger partial charge is 0.335 e. The average Bonchev–Trinajstić information content (AvgIpc) is 2.36. The van der Waals surface area contributed by atoms with Crippen LogP contribution in [-0.4, -0.2) is 11.1 Å². The second-order valence-electron chi connectivity index (χ2n) is 3.73. The van der Waals surface area contributed by atoms with Crippen LogP contribution in [0.5, 0.6) is 11.5 Å². The second kappa shape index (κ2) is 5.27. The largest absolute Gasteiger partial charge is 0.478 e. The van der Waals surface area contributed by atoms with Gasteiger partial charge >= 0.3 is 5.97 Å². The van der Waals surface area contributed by atoms with E-state index in [1.54, 1.807) is 6.07 Å². The van der Waals surface area contributed by atoms with Crippen molar-refractivity contribution in [3.8, 4) is 11.5 Å². The second-order valence-corrected chi connectivity index (χ2v) is 4.65. The van der Waals surface area contributed by atoms with E-state index in [0.717, 1.165) is 0 Å². The first-order chi connectivity index (χ1) is 8.97. The molecule has 4 nitrogen and oxygen atoms in total. The zero-order valence-electron chi connectivity index (χ0n) is 9.56. The zero-order chi connectivity index (χ0) is 14.0. The lowest BCUT2D eigenvalue weighted by molar-refractivity contribution is 0.0697. The molecule has 0 unspecified atom stereocenters. The molecule has 0 atom stereocenters. The number of benzene rings is 2. The van der Waals surface area contributed by atoms with Gasteiger partial charge in [0, 0.05) is 4.47 Å². The first-order valence-electron chi connectivity index (χ1n) is 5.23. The van der Waals surface area contributed by atoms with Crippen LogP contribution in [0.25, 0.3) is 0 Å². The molecule has 0 aliphatic rings. The summed E-state index contributed by atoms with van der Waals surface area (Å²) < 4.78 is 19.5. The van der Waals surface area contributed by atoms with E-state index in [1.165, 1.54) is 30.3 Å². The van der Waals surface area contributed by atoms with E-state index >= 15 is 0 Å². The molecule has 6 heteroatoms. The van der Waals surface area contributed by atoms with Crippen molar-refractivity contribution in [2.75, 3.05) is 5.73 Å². The van der Waals surface area contributed by atoms with Crippen molar-refractivity contribution in [1.29, 1.82) is 0 Å². The Balaban J connectivity index is 2.33. The van der Waals surface area contributed by atoms with Crippen molar-refractivity contribution in [3.05, 3.63) is 52.3 Å². The molecule has 0 aliphatic carbocycles. The van der Waals surface area contributed by atoms with Crippen LogP contribution >= 0.6 is 15.9 Å². The fraction of sp³-hybridized carbons (Fsp3) is 0. The van der Waals surface area contributed by atoms with Gasteiger partial charge in [0.05, 0.1) is 11.3 Å². The quantitative estimate of drug-likeness (QED) is 0.844. The van der Waals surface area contributed by atoms with Crippen molar-refractivity contribution in [1.82, 2.24) is 0 Å². The third-order valence-corrected chi connectivity index (χ3v) is 2.86. The number of rotatable bonds is 3. The van der Waals surface area contributed by atoms with Crippen LogP contribution in [-0.2, 0) is 0 Å². The number of hydrogen-bond acceptors (Lipinski definition) is 3. The SMILES string of the molecule is Nc1cc(C(=O)O)ccc1Oc1cc(Br)ccc1F. The number of hydrogen-bond donors (Lipinski definition) is 2. The molecule has 0 bridgehead atoms. The number of nitrogen functional groups attached to an aromatic ring is 1. The van der Waals surface area contributed by atoms with E-state index in [9.17, 15) is 9.18 Å². The van der Waals surface area contributed by atoms with Crippen LogP contribution in [0.15, 0.2) is 40.9 Å². The number of halogens is 2. The summed E-state index contributed by atoms with van der Waals surface area (Å²) in [5.74, 6) is -1.43. The summed E-state index contributed by atoms with van der Waals surface area (Å²) in [4.78, 5) is 10.8. The molecule has 2 aromatic rings. The van der Waals surface area contributed by atoms with E-state index in [4.69, 9.17) is 15.6 Å². The highest BCUT2D eigenvalue weighted by molar-refractivity contribution is 9.10. The molecule has 98 valence electrons. The topological polar surface area (TPSA) is 72.6 Å². The number of ether oxygens (including phenoxy) is 1. The summed E-state index contributed by atoms with van der Waals surface area (Å²) >= 11 is 3.20. The number of anilines is 1. The third kappa shape index (κ3) is 3.03. The minimum atomic E-state index is -1.09. The van der Waals surface area contributed by atoms with Gasteiger partial charge in [0.1, 0.15) is 0 Å². The van der Waals surface area contributed by atoms with Crippen LogP contribution in [0.3, 0.4) is 0 Å². The lowest BCUT2D eigenvalue weighted by Gasteiger charge is -2.10. The maximum atomic E-state index is 13.5. The van der Waals surface area contributed by atoms with Crippen molar-refractivity contribution >= 4 is 27.6 Å². The highest BCUT2D eigenvalue weighted by Crippen LogP contribution is 2.31. The van der Waals surface area contributed by atoms with Gasteiger partial charge in [-0.15, -0.1) is 0 Å². The lowest BCUT2D eigenvalue weighted by atomic mass is 10.2. The average molecular weight is 326 g/mol. The van der Waals surface area contributed by atoms with Crippen LogP contribution < -0.4 is 10.5 Å². The molecule has 3 N–H and O–H groups in total. The summed E-state index contributed by atoms with van der Waals surface area (Å²) in [7, 11) is 0. The minimum Gasteiger partial charge on any atom is -0.478 e. The van der Waals surface area contributed by atoms with Gasteiger partial charge in [-0.1, -0.05) is 15.9 Å². The molecule has 2 rings (SSSR count). The molecule has 0 radical (unpaired) electrons. The molecule has 0 saturated carbocycles. The van der Waals surface area contributed by atoms with Gasteiger partial charge in [-0.25, -0.2) is 9.18 Å². The Hall–Kier alpha value is -2.08. The van der Waals surface area contributed by atoms with E-state index in [0.29, 0.717) is 4.47 Å². The summed E-state index contributed by atoms with van der Waals surface area (Å²) in [5, 5.41) is 8.81. The number of carboxylic acids is 1. The first kappa shape index (κ1) is 13.4. The van der Waals surface area contributed by atoms with Gasteiger partial charge in [-0.05, 0) is 36.4 Å². The number of carbonyl (C=O) groups is 1. The first-order valence-corrected chi connectivity index (χ1v) is 6.02. The van der Waals surface area contributed by atoms with Gasteiger partial charge in [0.2, 0.25) is 0 Å². The Morgan fingerprint density at radius 1 is 1.21 bits per heavy atom. The minimum absolute atomic E-state index is 0.00384. The third-order valence-electron chi connectivity index (χ3n) is 2.37. The number of aromatic carboxylic acids is 1. The molecular weight excluding hydrogens is 317 g/mol. The number of carboxylic acid groups (broad SMARTS) is 1. The molecule has 0 saturated heterocycles. The van der Waals surface area contributed by atoms with Gasteiger partial charge in [-0.3, -0.25) is 0 Å². The van der Waals surface area contributed by atoms with Crippen LogP contribution in [0, 0.1) is 5.82 Å². The normalized spacial score (nSPS) is 10.2. The standard InChI is InChI=1S/C13H9BrFNO3/c14-8-2-3-9(15)12(6-8)19-11-4-1-7(13(17)18)5-10(11)16/h1-6H,16H2,(H,17,18). The predicted octanol–water partition coefficient (Wildman–Crippen LogP) is 3.66.